The van der Waals surface area contributed by atoms with E-state index in [1.54, 1.807) is 0 Å². The maximum atomic E-state index is 13.0. The van der Waals surface area contributed by atoms with Crippen LogP contribution < -0.4 is 5.32 Å². The number of nitrogens with one attached hydrogen (secondary N) is 1. The molecule has 4 heteroatoms. The molecule has 2 atom stereocenters. The van der Waals surface area contributed by atoms with E-state index in [9.17, 15) is 4.79 Å². The number of rotatable bonds is 4. The maximum absolute atomic E-state index is 13.0. The second kappa shape index (κ2) is 7.18. The van der Waals surface area contributed by atoms with Crippen molar-refractivity contribution in [2.45, 2.75) is 52.4 Å². The van der Waals surface area contributed by atoms with Gasteiger partial charge in [-0.2, -0.15) is 5.10 Å². The molecule has 2 aromatic carbocycles. The van der Waals surface area contributed by atoms with Gasteiger partial charge in [0.15, 0.2) is 0 Å². The third-order valence-corrected chi connectivity index (χ3v) is 5.89. The molecule has 0 spiro atoms. The number of nitrogens with zero attached hydrogens (tertiary/aromatic N) is 2. The molecule has 1 heterocycles. The highest BCUT2D eigenvalue weighted by Gasteiger charge is 2.44. The van der Waals surface area contributed by atoms with Gasteiger partial charge in [-0.25, -0.2) is 4.68 Å². The molecule has 150 valence electrons. The number of hydrogen-bond donors (Lipinski definition) is 1. The fourth-order valence-corrected chi connectivity index (χ4v) is 3.76. The van der Waals surface area contributed by atoms with Gasteiger partial charge in [0.1, 0.15) is 5.82 Å². The van der Waals surface area contributed by atoms with Crippen LogP contribution in [0.4, 0.5) is 5.82 Å². The molecule has 3 aromatic rings. The summed E-state index contributed by atoms with van der Waals surface area (Å²) in [5.74, 6) is 1.16. The average Bonchev–Trinajstić information content (AvgIpc) is 3.38. The lowest BCUT2D eigenvalue weighted by molar-refractivity contribution is -0.117. The van der Waals surface area contributed by atoms with Crippen LogP contribution in [0.2, 0.25) is 0 Å². The first-order valence-corrected chi connectivity index (χ1v) is 10.3. The van der Waals surface area contributed by atoms with Gasteiger partial charge in [-0.1, -0.05) is 63.2 Å². The zero-order valence-electron chi connectivity index (χ0n) is 17.9. The molecule has 0 radical (unpaired) electrons. The van der Waals surface area contributed by atoms with Crippen molar-refractivity contribution in [3.63, 3.8) is 0 Å². The SMILES string of the molecule is Cc1cccc(-n2nc(C(C)(C)C)cc2NC(=O)C2CC2c2ccccc2)c1C. The van der Waals surface area contributed by atoms with Crippen LogP contribution in [0.3, 0.4) is 0 Å². The zero-order valence-corrected chi connectivity index (χ0v) is 17.9. The van der Waals surface area contributed by atoms with Crippen LogP contribution in [0.15, 0.2) is 54.6 Å². The summed E-state index contributed by atoms with van der Waals surface area (Å²) in [6.45, 7) is 10.6. The smallest absolute Gasteiger partial charge is 0.229 e. The third-order valence-electron chi connectivity index (χ3n) is 5.89. The van der Waals surface area contributed by atoms with Crippen molar-refractivity contribution in [3.05, 3.63) is 77.0 Å². The quantitative estimate of drug-likeness (QED) is 0.640. The summed E-state index contributed by atoms with van der Waals surface area (Å²) in [6, 6.07) is 18.5. The summed E-state index contributed by atoms with van der Waals surface area (Å²) in [6.07, 6.45) is 0.902. The predicted molar refractivity (Wildman–Crippen MR) is 118 cm³/mol. The fraction of sp³-hybridized carbons (Fsp3) is 0.360. The molecule has 1 fully saturated rings. The van der Waals surface area contributed by atoms with E-state index in [0.29, 0.717) is 5.92 Å². The Bertz CT molecular complexity index is 1040. The summed E-state index contributed by atoms with van der Waals surface area (Å²) >= 11 is 0. The Hall–Kier alpha value is -2.88. The van der Waals surface area contributed by atoms with E-state index in [0.717, 1.165) is 23.6 Å². The molecule has 0 saturated heterocycles. The Morgan fingerprint density at radius 2 is 1.79 bits per heavy atom. The molecular formula is C25H29N3O. The second-order valence-corrected chi connectivity index (χ2v) is 9.14. The average molecular weight is 388 g/mol. The minimum Gasteiger partial charge on any atom is -0.310 e. The largest absolute Gasteiger partial charge is 0.310 e. The Morgan fingerprint density at radius 1 is 1.07 bits per heavy atom. The molecule has 1 amide bonds. The molecule has 0 bridgehead atoms. The Morgan fingerprint density at radius 3 is 2.48 bits per heavy atom. The molecule has 0 aliphatic heterocycles. The van der Waals surface area contributed by atoms with Crippen molar-refractivity contribution < 1.29 is 4.79 Å². The number of benzene rings is 2. The number of carbonyl (C=O) groups excluding carboxylic acids is 1. The zero-order chi connectivity index (χ0) is 20.8. The minimum atomic E-state index is -0.103. The van der Waals surface area contributed by atoms with Gasteiger partial charge in [-0.05, 0) is 48.9 Å². The number of aromatic nitrogens is 2. The summed E-state index contributed by atoms with van der Waals surface area (Å²) in [7, 11) is 0. The van der Waals surface area contributed by atoms with Gasteiger partial charge in [0.25, 0.3) is 0 Å². The number of amides is 1. The van der Waals surface area contributed by atoms with E-state index in [2.05, 4.69) is 64.2 Å². The van der Waals surface area contributed by atoms with Crippen LogP contribution in [0.1, 0.15) is 55.5 Å². The normalized spacial score (nSPS) is 18.5. The van der Waals surface area contributed by atoms with E-state index in [-0.39, 0.29) is 17.2 Å². The van der Waals surface area contributed by atoms with Crippen molar-refractivity contribution in [1.82, 2.24) is 9.78 Å². The van der Waals surface area contributed by atoms with Gasteiger partial charge in [-0.15, -0.1) is 0 Å². The molecule has 1 saturated carbocycles. The first-order valence-electron chi connectivity index (χ1n) is 10.3. The Balaban J connectivity index is 1.64. The highest BCUT2D eigenvalue weighted by Crippen LogP contribution is 2.48. The van der Waals surface area contributed by atoms with Crippen molar-refractivity contribution in [2.75, 3.05) is 5.32 Å². The topological polar surface area (TPSA) is 46.9 Å². The molecule has 29 heavy (non-hydrogen) atoms. The number of aryl methyl sites for hydroxylation is 1. The first-order chi connectivity index (χ1) is 13.8. The van der Waals surface area contributed by atoms with E-state index < -0.39 is 0 Å². The van der Waals surface area contributed by atoms with E-state index in [4.69, 9.17) is 5.10 Å². The van der Waals surface area contributed by atoms with Crippen molar-refractivity contribution >= 4 is 11.7 Å². The molecule has 1 aliphatic carbocycles. The Labute approximate surface area is 173 Å². The maximum Gasteiger partial charge on any atom is 0.229 e. The number of hydrogen-bond acceptors (Lipinski definition) is 2. The summed E-state index contributed by atoms with van der Waals surface area (Å²) in [5, 5.41) is 8.04. The molecule has 4 nitrogen and oxygen atoms in total. The Kier molecular flexibility index (Phi) is 4.81. The van der Waals surface area contributed by atoms with Gasteiger partial charge >= 0.3 is 0 Å². The number of carbonyl (C=O) groups is 1. The fourth-order valence-electron chi connectivity index (χ4n) is 3.76. The second-order valence-electron chi connectivity index (χ2n) is 9.14. The van der Waals surface area contributed by atoms with E-state index in [1.165, 1.54) is 16.7 Å². The van der Waals surface area contributed by atoms with Crippen LogP contribution in [0.5, 0.6) is 0 Å². The van der Waals surface area contributed by atoms with Gasteiger partial charge in [0, 0.05) is 17.4 Å². The van der Waals surface area contributed by atoms with Crippen LogP contribution in [-0.2, 0) is 10.2 Å². The number of anilines is 1. The van der Waals surface area contributed by atoms with Crippen LogP contribution in [0.25, 0.3) is 5.69 Å². The molecule has 1 aromatic heterocycles. The van der Waals surface area contributed by atoms with Gasteiger partial charge in [0.05, 0.1) is 11.4 Å². The molecule has 4 rings (SSSR count). The van der Waals surface area contributed by atoms with Crippen molar-refractivity contribution in [3.8, 4) is 5.69 Å². The van der Waals surface area contributed by atoms with Crippen LogP contribution in [0, 0.1) is 19.8 Å². The van der Waals surface area contributed by atoms with Gasteiger partial charge in [0.2, 0.25) is 5.91 Å². The highest BCUT2D eigenvalue weighted by atomic mass is 16.2. The first kappa shape index (κ1) is 19.4. The van der Waals surface area contributed by atoms with Gasteiger partial charge in [-0.3, -0.25) is 4.79 Å². The predicted octanol–water partition coefficient (Wildman–Crippen LogP) is 5.53. The van der Waals surface area contributed by atoms with E-state index >= 15 is 0 Å². The summed E-state index contributed by atoms with van der Waals surface area (Å²) in [5.41, 5.74) is 5.48. The molecule has 1 aliphatic rings. The molecule has 1 N–H and O–H groups in total. The lowest BCUT2D eigenvalue weighted by atomic mass is 9.92. The molecular weight excluding hydrogens is 358 g/mol. The van der Waals surface area contributed by atoms with Crippen LogP contribution >= 0.6 is 0 Å². The summed E-state index contributed by atoms with van der Waals surface area (Å²) in [4.78, 5) is 13.0. The standard InChI is InChI=1S/C25H29N3O/c1-16-10-9-13-21(17(16)2)28-23(15-22(27-28)25(3,4)5)26-24(29)20-14-19(20)18-11-7-6-8-12-18/h6-13,15,19-20H,14H2,1-5H3,(H,26,29). The lowest BCUT2D eigenvalue weighted by Crippen LogP contribution is -2.17. The van der Waals surface area contributed by atoms with Gasteiger partial charge < -0.3 is 5.32 Å². The van der Waals surface area contributed by atoms with Crippen molar-refractivity contribution in [2.24, 2.45) is 5.92 Å². The summed E-state index contributed by atoms with van der Waals surface area (Å²) < 4.78 is 1.89. The monoisotopic (exact) mass is 387 g/mol. The third kappa shape index (κ3) is 3.84. The minimum absolute atomic E-state index is 0.0254. The van der Waals surface area contributed by atoms with Crippen molar-refractivity contribution in [1.29, 1.82) is 0 Å². The highest BCUT2D eigenvalue weighted by molar-refractivity contribution is 5.95. The van der Waals surface area contributed by atoms with Crippen LogP contribution in [-0.4, -0.2) is 15.7 Å². The molecule has 2 unspecified atom stereocenters. The van der Waals surface area contributed by atoms with E-state index in [1.807, 2.05) is 35.0 Å². The lowest BCUT2D eigenvalue weighted by Gasteiger charge is -2.15.